The third-order valence-corrected chi connectivity index (χ3v) is 7.07. The molecular formula is C24H28F3N3O2. The highest BCUT2D eigenvalue weighted by atomic mass is 19.3. The summed E-state index contributed by atoms with van der Waals surface area (Å²) in [4.78, 5) is 27.4. The molecule has 2 saturated carbocycles. The highest BCUT2D eigenvalue weighted by Gasteiger charge is 2.49. The van der Waals surface area contributed by atoms with Gasteiger partial charge >= 0.3 is 6.03 Å². The number of ketones is 1. The molecule has 1 aliphatic heterocycles. The number of urea groups is 1. The van der Waals surface area contributed by atoms with Gasteiger partial charge in [-0.15, -0.1) is 0 Å². The number of piperidine rings is 1. The molecule has 0 radical (unpaired) electrons. The van der Waals surface area contributed by atoms with Crippen LogP contribution in [0.1, 0.15) is 56.9 Å². The molecule has 172 valence electrons. The van der Waals surface area contributed by atoms with E-state index >= 15 is 0 Å². The lowest BCUT2D eigenvalue weighted by Crippen LogP contribution is -2.52. The van der Waals surface area contributed by atoms with Gasteiger partial charge in [0.1, 0.15) is 5.82 Å². The van der Waals surface area contributed by atoms with Gasteiger partial charge < -0.3 is 10.2 Å². The van der Waals surface area contributed by atoms with E-state index in [0.717, 1.165) is 37.8 Å². The summed E-state index contributed by atoms with van der Waals surface area (Å²) in [5.74, 6) is -4.33. The van der Waals surface area contributed by atoms with E-state index in [0.29, 0.717) is 25.9 Å². The smallest absolute Gasteiger partial charge is 0.318 e. The quantitative estimate of drug-likeness (QED) is 0.633. The number of likely N-dealkylation sites (tertiary alicyclic amines) is 1. The number of nitrogens with one attached hydrogen (secondary N) is 1. The van der Waals surface area contributed by atoms with Crippen molar-refractivity contribution in [3.8, 4) is 6.07 Å². The second kappa shape index (κ2) is 8.42. The van der Waals surface area contributed by atoms with E-state index in [1.807, 2.05) is 0 Å². The van der Waals surface area contributed by atoms with Crippen LogP contribution in [0.2, 0.25) is 0 Å². The van der Waals surface area contributed by atoms with Crippen LogP contribution in [0.5, 0.6) is 0 Å². The maximum absolute atomic E-state index is 14.9. The molecule has 8 heteroatoms. The Labute approximate surface area is 186 Å². The predicted octanol–water partition coefficient (Wildman–Crippen LogP) is 4.61. The van der Waals surface area contributed by atoms with Gasteiger partial charge in [-0.25, -0.2) is 18.0 Å². The third-order valence-electron chi connectivity index (χ3n) is 7.07. The van der Waals surface area contributed by atoms with Gasteiger partial charge in [0, 0.05) is 32.4 Å². The first-order chi connectivity index (χ1) is 15.1. The summed E-state index contributed by atoms with van der Waals surface area (Å²) in [5, 5.41) is 11.9. The summed E-state index contributed by atoms with van der Waals surface area (Å²) in [6.45, 7) is 1.14. The SMILES string of the molecule is N#CC1(CC(=O)[C@H](CC(F)(F)Cc2ccc(F)cc2)NC(=O)N2CCCC3(CC3)C2)CC1. The molecule has 4 rings (SSSR count). The summed E-state index contributed by atoms with van der Waals surface area (Å²) in [7, 11) is 0. The van der Waals surface area contributed by atoms with Crippen molar-refractivity contribution in [2.75, 3.05) is 13.1 Å². The van der Waals surface area contributed by atoms with E-state index in [2.05, 4.69) is 11.4 Å². The van der Waals surface area contributed by atoms with E-state index in [-0.39, 0.29) is 17.4 Å². The van der Waals surface area contributed by atoms with Crippen molar-refractivity contribution in [2.24, 2.45) is 10.8 Å². The Morgan fingerprint density at radius 2 is 1.84 bits per heavy atom. The van der Waals surface area contributed by atoms with Crippen LogP contribution in [-0.4, -0.2) is 41.8 Å². The van der Waals surface area contributed by atoms with E-state index in [9.17, 15) is 28.0 Å². The minimum absolute atomic E-state index is 0.134. The number of hydrogen-bond acceptors (Lipinski definition) is 3. The van der Waals surface area contributed by atoms with Gasteiger partial charge in [0.2, 0.25) is 0 Å². The van der Waals surface area contributed by atoms with Crippen molar-refractivity contribution in [2.45, 2.75) is 69.8 Å². The number of rotatable bonds is 8. The molecular weight excluding hydrogens is 419 g/mol. The highest BCUT2D eigenvalue weighted by Crippen LogP contribution is 2.52. The topological polar surface area (TPSA) is 73.2 Å². The number of Topliss-reactive ketones (excluding diaryl/α,β-unsaturated/α-hetero) is 1. The normalized spacial score (nSPS) is 21.5. The van der Waals surface area contributed by atoms with Crippen molar-refractivity contribution in [1.82, 2.24) is 10.2 Å². The summed E-state index contributed by atoms with van der Waals surface area (Å²) in [5.41, 5.74) is -0.368. The third kappa shape index (κ3) is 5.43. The molecule has 0 bridgehead atoms. The fourth-order valence-electron chi connectivity index (χ4n) is 4.66. The molecule has 1 heterocycles. The lowest BCUT2D eigenvalue weighted by atomic mass is 9.92. The number of nitriles is 1. The van der Waals surface area contributed by atoms with Gasteiger partial charge in [-0.1, -0.05) is 12.1 Å². The van der Waals surface area contributed by atoms with Crippen LogP contribution in [0.4, 0.5) is 18.0 Å². The minimum Gasteiger partial charge on any atom is -0.328 e. The van der Waals surface area contributed by atoms with Gasteiger partial charge in [-0.3, -0.25) is 4.79 Å². The van der Waals surface area contributed by atoms with Crippen LogP contribution in [0, 0.1) is 28.0 Å². The van der Waals surface area contributed by atoms with Gasteiger partial charge in [-0.05, 0) is 61.6 Å². The van der Waals surface area contributed by atoms with Crippen molar-refractivity contribution in [3.05, 3.63) is 35.6 Å². The maximum atomic E-state index is 14.9. The van der Waals surface area contributed by atoms with Crippen LogP contribution >= 0.6 is 0 Å². The number of carbonyl (C=O) groups excluding carboxylic acids is 2. The summed E-state index contributed by atoms with van der Waals surface area (Å²) >= 11 is 0. The molecule has 1 saturated heterocycles. The number of amides is 2. The summed E-state index contributed by atoms with van der Waals surface area (Å²) in [6, 6.07) is 5.05. The first-order valence-electron chi connectivity index (χ1n) is 11.3. The zero-order valence-electron chi connectivity index (χ0n) is 18.0. The van der Waals surface area contributed by atoms with Crippen LogP contribution in [0.25, 0.3) is 0 Å². The van der Waals surface area contributed by atoms with E-state index in [1.54, 1.807) is 4.90 Å². The summed E-state index contributed by atoms with van der Waals surface area (Å²) in [6.07, 6.45) is 3.56. The second-order valence-electron chi connectivity index (χ2n) is 9.93. The Morgan fingerprint density at radius 3 is 2.44 bits per heavy atom. The molecule has 3 fully saturated rings. The van der Waals surface area contributed by atoms with Crippen LogP contribution in [0.3, 0.4) is 0 Å². The Morgan fingerprint density at radius 1 is 1.16 bits per heavy atom. The molecule has 1 aromatic carbocycles. The van der Waals surface area contributed by atoms with Crippen molar-refractivity contribution < 1.29 is 22.8 Å². The Balaban J connectivity index is 1.45. The summed E-state index contributed by atoms with van der Waals surface area (Å²) < 4.78 is 42.9. The molecule has 0 unspecified atom stereocenters. The molecule has 0 aromatic heterocycles. The maximum Gasteiger partial charge on any atom is 0.318 e. The lowest BCUT2D eigenvalue weighted by molar-refractivity contribution is -0.124. The zero-order valence-corrected chi connectivity index (χ0v) is 18.0. The number of halogens is 3. The zero-order chi connectivity index (χ0) is 23.0. The average molecular weight is 448 g/mol. The van der Waals surface area contributed by atoms with Gasteiger partial charge in [0.05, 0.1) is 17.5 Å². The Kier molecular flexibility index (Phi) is 5.95. The average Bonchev–Trinajstić information content (AvgIpc) is 3.68. The van der Waals surface area contributed by atoms with Crippen LogP contribution in [0.15, 0.2) is 24.3 Å². The minimum atomic E-state index is -3.28. The number of carbonyl (C=O) groups is 2. The largest absolute Gasteiger partial charge is 0.328 e. The Bertz CT molecular complexity index is 917. The lowest BCUT2D eigenvalue weighted by Gasteiger charge is -2.34. The number of nitrogens with zero attached hydrogens (tertiary/aromatic N) is 2. The molecule has 1 aromatic rings. The van der Waals surface area contributed by atoms with Gasteiger partial charge in [0.25, 0.3) is 5.92 Å². The fourth-order valence-corrected chi connectivity index (χ4v) is 4.66. The van der Waals surface area contributed by atoms with E-state index < -0.39 is 47.9 Å². The van der Waals surface area contributed by atoms with E-state index in [1.165, 1.54) is 12.1 Å². The highest BCUT2D eigenvalue weighted by molar-refractivity contribution is 5.89. The van der Waals surface area contributed by atoms with Crippen LogP contribution in [-0.2, 0) is 11.2 Å². The molecule has 1 atom stereocenters. The van der Waals surface area contributed by atoms with Crippen LogP contribution < -0.4 is 5.32 Å². The molecule has 3 aliphatic rings. The van der Waals surface area contributed by atoms with Crippen molar-refractivity contribution >= 4 is 11.8 Å². The molecule has 1 spiro atoms. The molecule has 5 nitrogen and oxygen atoms in total. The fraction of sp³-hybridized carbons (Fsp3) is 0.625. The predicted molar refractivity (Wildman–Crippen MR) is 111 cm³/mol. The molecule has 2 amide bonds. The number of alkyl halides is 2. The number of hydrogen-bond donors (Lipinski definition) is 1. The molecule has 1 N–H and O–H groups in total. The van der Waals surface area contributed by atoms with Crippen molar-refractivity contribution in [3.63, 3.8) is 0 Å². The molecule has 2 aliphatic carbocycles. The number of benzene rings is 1. The second-order valence-corrected chi connectivity index (χ2v) is 9.93. The first kappa shape index (κ1) is 22.6. The standard InChI is InChI=1S/C24H28F3N3O2/c25-18-4-2-17(3-5-18)12-24(26,27)13-19(20(31)14-23(15-28)9-10-23)29-21(32)30-11-1-6-22(16-30)7-8-22/h2-5,19H,1,6-14,16H2,(H,29,32)/t19-/m0/s1. The van der Waals surface area contributed by atoms with E-state index in [4.69, 9.17) is 0 Å². The van der Waals surface area contributed by atoms with Gasteiger partial charge in [-0.2, -0.15) is 5.26 Å². The Hall–Kier alpha value is -2.56. The first-order valence-corrected chi connectivity index (χ1v) is 11.3. The monoisotopic (exact) mass is 447 g/mol. The van der Waals surface area contributed by atoms with Crippen molar-refractivity contribution in [1.29, 1.82) is 5.26 Å². The molecule has 32 heavy (non-hydrogen) atoms. The van der Waals surface area contributed by atoms with Gasteiger partial charge in [0.15, 0.2) is 5.78 Å².